The standard InChI is InChI=1S/C15H23ClN2O2S/c1-10-6-4-5-7-15(10)18(3)21(19,20)12-8-13(16)11(2)14(17)9-12/h8-10,15H,4-7,17H2,1-3H3. The molecule has 6 heteroatoms. The van der Waals surface area contributed by atoms with Crippen LogP contribution in [0, 0.1) is 12.8 Å². The van der Waals surface area contributed by atoms with Crippen molar-refractivity contribution in [2.75, 3.05) is 12.8 Å². The van der Waals surface area contributed by atoms with Gasteiger partial charge in [0.15, 0.2) is 0 Å². The van der Waals surface area contributed by atoms with Gasteiger partial charge in [0, 0.05) is 23.8 Å². The SMILES string of the molecule is Cc1c(N)cc(S(=O)(=O)N(C)C2CCCCC2C)cc1Cl. The number of rotatable bonds is 3. The van der Waals surface area contributed by atoms with Crippen molar-refractivity contribution in [1.82, 2.24) is 4.31 Å². The molecule has 0 heterocycles. The van der Waals surface area contributed by atoms with E-state index in [9.17, 15) is 8.42 Å². The predicted molar refractivity (Wildman–Crippen MR) is 87.0 cm³/mol. The van der Waals surface area contributed by atoms with Crippen LogP contribution in [0.4, 0.5) is 5.69 Å². The first-order valence-corrected chi connectivity index (χ1v) is 9.10. The van der Waals surface area contributed by atoms with E-state index in [2.05, 4.69) is 6.92 Å². The second-order valence-corrected chi connectivity index (χ2v) is 8.37. The Labute approximate surface area is 132 Å². The van der Waals surface area contributed by atoms with Crippen molar-refractivity contribution in [1.29, 1.82) is 0 Å². The lowest BCUT2D eigenvalue weighted by atomic mass is 9.86. The van der Waals surface area contributed by atoms with Crippen molar-refractivity contribution >= 4 is 27.3 Å². The lowest BCUT2D eigenvalue weighted by Gasteiger charge is -2.35. The van der Waals surface area contributed by atoms with Gasteiger partial charge in [-0.25, -0.2) is 8.42 Å². The van der Waals surface area contributed by atoms with Gasteiger partial charge in [0.25, 0.3) is 0 Å². The maximum absolute atomic E-state index is 12.8. The summed E-state index contributed by atoms with van der Waals surface area (Å²) in [6.07, 6.45) is 4.23. The van der Waals surface area contributed by atoms with Crippen molar-refractivity contribution in [3.8, 4) is 0 Å². The molecule has 2 N–H and O–H groups in total. The molecule has 21 heavy (non-hydrogen) atoms. The van der Waals surface area contributed by atoms with Gasteiger partial charge in [0.05, 0.1) is 4.90 Å². The monoisotopic (exact) mass is 330 g/mol. The highest BCUT2D eigenvalue weighted by molar-refractivity contribution is 7.89. The summed E-state index contributed by atoms with van der Waals surface area (Å²) in [4.78, 5) is 0.177. The van der Waals surface area contributed by atoms with E-state index in [4.69, 9.17) is 17.3 Å². The number of halogens is 1. The number of nitrogens with zero attached hydrogens (tertiary/aromatic N) is 1. The maximum Gasteiger partial charge on any atom is 0.243 e. The van der Waals surface area contributed by atoms with E-state index in [1.807, 2.05) is 0 Å². The Kier molecular flexibility index (Phi) is 4.85. The number of nitrogens with two attached hydrogens (primary N) is 1. The normalized spacial score (nSPS) is 23.5. The fourth-order valence-electron chi connectivity index (χ4n) is 3.00. The molecule has 0 bridgehead atoms. The number of hydrogen-bond acceptors (Lipinski definition) is 3. The van der Waals surface area contributed by atoms with Crippen LogP contribution in [-0.4, -0.2) is 25.8 Å². The molecule has 2 atom stereocenters. The van der Waals surface area contributed by atoms with Crippen LogP contribution in [0.25, 0.3) is 0 Å². The van der Waals surface area contributed by atoms with Crippen LogP contribution in [0.3, 0.4) is 0 Å². The molecule has 1 fully saturated rings. The molecule has 1 aliphatic rings. The largest absolute Gasteiger partial charge is 0.398 e. The summed E-state index contributed by atoms with van der Waals surface area (Å²) in [5, 5.41) is 0.388. The van der Waals surface area contributed by atoms with E-state index in [0.29, 0.717) is 22.2 Å². The summed E-state index contributed by atoms with van der Waals surface area (Å²) < 4.78 is 27.1. The van der Waals surface area contributed by atoms with E-state index >= 15 is 0 Å². The second-order valence-electron chi connectivity index (χ2n) is 5.97. The van der Waals surface area contributed by atoms with Gasteiger partial charge < -0.3 is 5.73 Å². The van der Waals surface area contributed by atoms with E-state index in [1.165, 1.54) is 22.9 Å². The van der Waals surface area contributed by atoms with E-state index < -0.39 is 10.0 Å². The van der Waals surface area contributed by atoms with Crippen LogP contribution in [0.1, 0.15) is 38.2 Å². The molecular weight excluding hydrogens is 308 g/mol. The highest BCUT2D eigenvalue weighted by Crippen LogP contribution is 2.33. The van der Waals surface area contributed by atoms with Crippen LogP contribution < -0.4 is 5.73 Å². The number of anilines is 1. The molecule has 1 saturated carbocycles. The molecule has 0 aromatic heterocycles. The minimum Gasteiger partial charge on any atom is -0.398 e. The second kappa shape index (κ2) is 6.15. The van der Waals surface area contributed by atoms with Crippen LogP contribution in [0.15, 0.2) is 17.0 Å². The zero-order valence-corrected chi connectivity index (χ0v) is 14.3. The van der Waals surface area contributed by atoms with E-state index in [-0.39, 0.29) is 10.9 Å². The molecule has 0 saturated heterocycles. The van der Waals surface area contributed by atoms with Crippen LogP contribution in [0.5, 0.6) is 0 Å². The Hall–Kier alpha value is -0.780. The first-order valence-electron chi connectivity index (χ1n) is 7.28. The number of benzene rings is 1. The summed E-state index contributed by atoms with van der Waals surface area (Å²) in [5.41, 5.74) is 6.98. The summed E-state index contributed by atoms with van der Waals surface area (Å²) in [6.45, 7) is 3.90. The quantitative estimate of drug-likeness (QED) is 0.863. The first kappa shape index (κ1) is 16.6. The van der Waals surface area contributed by atoms with Crippen LogP contribution in [-0.2, 0) is 10.0 Å². The summed E-state index contributed by atoms with van der Waals surface area (Å²) in [5.74, 6) is 0.372. The summed E-state index contributed by atoms with van der Waals surface area (Å²) in [6, 6.07) is 3.04. The van der Waals surface area contributed by atoms with Crippen molar-refractivity contribution in [3.05, 3.63) is 22.7 Å². The minimum absolute atomic E-state index is 0.0463. The first-order chi connectivity index (χ1) is 9.75. The number of hydrogen-bond donors (Lipinski definition) is 1. The molecule has 118 valence electrons. The maximum atomic E-state index is 12.8. The predicted octanol–water partition coefficient (Wildman–Crippen LogP) is 3.43. The smallest absolute Gasteiger partial charge is 0.243 e. The van der Waals surface area contributed by atoms with Crippen molar-refractivity contribution in [3.63, 3.8) is 0 Å². The van der Waals surface area contributed by atoms with Gasteiger partial charge in [0.1, 0.15) is 0 Å². The Balaban J connectivity index is 2.37. The van der Waals surface area contributed by atoms with Gasteiger partial charge >= 0.3 is 0 Å². The Morgan fingerprint density at radius 1 is 1.29 bits per heavy atom. The molecular formula is C15H23ClN2O2S. The molecule has 2 rings (SSSR count). The Morgan fingerprint density at radius 2 is 1.90 bits per heavy atom. The minimum atomic E-state index is -3.56. The molecule has 1 aliphatic carbocycles. The number of nitrogen functional groups attached to an aromatic ring is 1. The molecule has 2 unspecified atom stereocenters. The third-order valence-corrected chi connectivity index (χ3v) is 6.82. The molecule has 0 amide bonds. The van der Waals surface area contributed by atoms with Crippen molar-refractivity contribution < 1.29 is 8.42 Å². The average Bonchev–Trinajstić information content (AvgIpc) is 2.44. The third-order valence-electron chi connectivity index (χ3n) is 4.57. The summed E-state index contributed by atoms with van der Waals surface area (Å²) in [7, 11) is -1.91. The van der Waals surface area contributed by atoms with Gasteiger partial charge in [-0.05, 0) is 43.4 Å². The lowest BCUT2D eigenvalue weighted by molar-refractivity contribution is 0.213. The molecule has 1 aromatic rings. The third kappa shape index (κ3) is 3.20. The zero-order valence-electron chi connectivity index (χ0n) is 12.8. The molecule has 0 aliphatic heterocycles. The highest BCUT2D eigenvalue weighted by Gasteiger charge is 2.33. The van der Waals surface area contributed by atoms with Crippen molar-refractivity contribution in [2.45, 2.75) is 50.5 Å². The van der Waals surface area contributed by atoms with E-state index in [0.717, 1.165) is 19.3 Å². The molecule has 0 radical (unpaired) electrons. The zero-order chi connectivity index (χ0) is 15.8. The summed E-state index contributed by atoms with van der Waals surface area (Å²) >= 11 is 6.08. The van der Waals surface area contributed by atoms with Gasteiger partial charge in [0.2, 0.25) is 10.0 Å². The highest BCUT2D eigenvalue weighted by atomic mass is 35.5. The Morgan fingerprint density at radius 3 is 2.48 bits per heavy atom. The molecule has 4 nitrogen and oxygen atoms in total. The van der Waals surface area contributed by atoms with Gasteiger partial charge in [-0.15, -0.1) is 0 Å². The Bertz CT molecular complexity index is 608. The van der Waals surface area contributed by atoms with Gasteiger partial charge in [-0.1, -0.05) is 31.4 Å². The average molecular weight is 331 g/mol. The molecule has 1 aromatic carbocycles. The number of sulfonamides is 1. The fraction of sp³-hybridized carbons (Fsp3) is 0.600. The van der Waals surface area contributed by atoms with Crippen LogP contribution in [0.2, 0.25) is 5.02 Å². The van der Waals surface area contributed by atoms with Crippen molar-refractivity contribution in [2.24, 2.45) is 5.92 Å². The fourth-order valence-corrected chi connectivity index (χ4v) is 4.84. The topological polar surface area (TPSA) is 63.4 Å². The lowest BCUT2D eigenvalue weighted by Crippen LogP contribution is -2.42. The van der Waals surface area contributed by atoms with Gasteiger partial charge in [-0.2, -0.15) is 4.31 Å². The molecule has 0 spiro atoms. The van der Waals surface area contributed by atoms with Crippen LogP contribution >= 0.6 is 11.6 Å². The van der Waals surface area contributed by atoms with Gasteiger partial charge in [-0.3, -0.25) is 0 Å². The van der Waals surface area contributed by atoms with E-state index in [1.54, 1.807) is 14.0 Å².